The van der Waals surface area contributed by atoms with E-state index in [2.05, 4.69) is 10.3 Å². The van der Waals surface area contributed by atoms with Crippen molar-refractivity contribution < 1.29 is 23.1 Å². The molecule has 1 atom stereocenters. The van der Waals surface area contributed by atoms with Gasteiger partial charge in [0.15, 0.2) is 15.0 Å². The zero-order chi connectivity index (χ0) is 19.6. The Hall–Kier alpha value is -2.01. The summed E-state index contributed by atoms with van der Waals surface area (Å²) in [5, 5.41) is 11.6. The molecule has 1 amide bonds. The minimum Gasteiger partial charge on any atom is -0.480 e. The topological polar surface area (TPSA) is 139 Å². The fourth-order valence-corrected chi connectivity index (χ4v) is 4.38. The van der Waals surface area contributed by atoms with Gasteiger partial charge < -0.3 is 16.2 Å². The normalized spacial score (nSPS) is 12.6. The van der Waals surface area contributed by atoms with Crippen LogP contribution >= 0.6 is 22.9 Å². The average molecular weight is 418 g/mol. The van der Waals surface area contributed by atoms with Crippen LogP contribution in [0.15, 0.2) is 23.1 Å². The van der Waals surface area contributed by atoms with E-state index in [-0.39, 0.29) is 21.5 Å². The highest BCUT2D eigenvalue weighted by Crippen LogP contribution is 2.35. The van der Waals surface area contributed by atoms with Gasteiger partial charge in [-0.25, -0.2) is 13.4 Å². The van der Waals surface area contributed by atoms with Crippen LogP contribution in [-0.2, 0) is 19.4 Å². The molecule has 1 aromatic carbocycles. The van der Waals surface area contributed by atoms with Crippen LogP contribution in [0.4, 0.5) is 5.13 Å². The first-order chi connectivity index (χ1) is 12.0. The second-order valence-electron chi connectivity index (χ2n) is 5.55. The molecule has 1 heterocycles. The van der Waals surface area contributed by atoms with Gasteiger partial charge in [0.25, 0.3) is 0 Å². The molecule has 1 aromatic heterocycles. The molecule has 0 aliphatic heterocycles. The van der Waals surface area contributed by atoms with Gasteiger partial charge in [0.1, 0.15) is 6.04 Å². The van der Waals surface area contributed by atoms with Crippen molar-refractivity contribution in [2.75, 3.05) is 11.6 Å². The number of hydrogen-bond acceptors (Lipinski definition) is 7. The Balaban J connectivity index is 2.29. The summed E-state index contributed by atoms with van der Waals surface area (Å²) in [5.74, 6) is -1.85. The maximum absolute atomic E-state index is 11.8. The van der Waals surface area contributed by atoms with Crippen LogP contribution in [0.3, 0.4) is 0 Å². The zero-order valence-corrected chi connectivity index (χ0v) is 16.2. The van der Waals surface area contributed by atoms with Gasteiger partial charge in [0, 0.05) is 6.26 Å². The number of carboxylic acids is 1. The number of rotatable bonds is 6. The van der Waals surface area contributed by atoms with Crippen LogP contribution in [-0.4, -0.2) is 42.7 Å². The Labute approximate surface area is 158 Å². The number of nitrogens with one attached hydrogen (secondary N) is 1. The third-order valence-electron chi connectivity index (χ3n) is 3.36. The average Bonchev–Trinajstić information content (AvgIpc) is 2.86. The van der Waals surface area contributed by atoms with Crippen LogP contribution in [0.2, 0.25) is 5.02 Å². The highest BCUT2D eigenvalue weighted by molar-refractivity contribution is 7.90. The molecule has 8 nitrogen and oxygen atoms in total. The molecule has 0 radical (unpaired) electrons. The number of aromatic nitrogens is 1. The molecule has 0 aliphatic rings. The third-order valence-corrected chi connectivity index (χ3v) is 6.06. The van der Waals surface area contributed by atoms with E-state index in [9.17, 15) is 18.0 Å². The lowest BCUT2D eigenvalue weighted by Crippen LogP contribution is -2.34. The van der Waals surface area contributed by atoms with Crippen molar-refractivity contribution in [3.05, 3.63) is 28.9 Å². The van der Waals surface area contributed by atoms with Crippen LogP contribution in [0.25, 0.3) is 10.4 Å². The smallest absolute Gasteiger partial charge is 0.321 e. The van der Waals surface area contributed by atoms with Gasteiger partial charge in [0.2, 0.25) is 5.91 Å². The maximum atomic E-state index is 11.8. The van der Waals surface area contributed by atoms with Crippen molar-refractivity contribution in [1.29, 1.82) is 0 Å². The Morgan fingerprint density at radius 1 is 1.42 bits per heavy atom. The molecule has 0 aliphatic carbocycles. The van der Waals surface area contributed by atoms with E-state index in [4.69, 9.17) is 22.4 Å². The predicted octanol–water partition coefficient (Wildman–Crippen LogP) is 1.92. The molecule has 0 fully saturated rings. The van der Waals surface area contributed by atoms with E-state index in [1.54, 1.807) is 13.0 Å². The summed E-state index contributed by atoms with van der Waals surface area (Å²) in [6, 6.07) is 3.29. The summed E-state index contributed by atoms with van der Waals surface area (Å²) in [6.45, 7) is 1.71. The predicted molar refractivity (Wildman–Crippen MR) is 99.3 cm³/mol. The molecule has 0 spiro atoms. The number of nitrogens with zero attached hydrogens (tertiary/aromatic N) is 1. The maximum Gasteiger partial charge on any atom is 0.321 e. The first-order valence-corrected chi connectivity index (χ1v) is 10.3. The quantitative estimate of drug-likeness (QED) is 0.652. The lowest BCUT2D eigenvalue weighted by Gasteiger charge is -2.05. The van der Waals surface area contributed by atoms with Gasteiger partial charge in [-0.3, -0.25) is 9.59 Å². The van der Waals surface area contributed by atoms with Crippen LogP contribution in [0.1, 0.15) is 12.1 Å². The first-order valence-electron chi connectivity index (χ1n) is 7.24. The van der Waals surface area contributed by atoms with E-state index >= 15 is 0 Å². The van der Waals surface area contributed by atoms with Crippen molar-refractivity contribution in [2.24, 2.45) is 5.73 Å². The molecular formula is C15H16ClN3O5S2. The van der Waals surface area contributed by atoms with Gasteiger partial charge in [-0.15, -0.1) is 0 Å². The molecule has 0 saturated heterocycles. The summed E-state index contributed by atoms with van der Waals surface area (Å²) in [5.41, 5.74) is 6.49. The number of halogens is 1. The number of nitrogens with two attached hydrogens (primary N) is 1. The number of aryl methyl sites for hydroxylation is 1. The number of aliphatic carboxylic acids is 1. The van der Waals surface area contributed by atoms with Crippen molar-refractivity contribution >= 4 is 49.8 Å². The molecule has 2 rings (SSSR count). The number of carboxylic acid groups (broad SMARTS) is 1. The molecule has 4 N–H and O–H groups in total. The fourth-order valence-electron chi connectivity index (χ4n) is 2.10. The van der Waals surface area contributed by atoms with Crippen molar-refractivity contribution in [2.45, 2.75) is 24.3 Å². The van der Waals surface area contributed by atoms with Gasteiger partial charge >= 0.3 is 5.97 Å². The summed E-state index contributed by atoms with van der Waals surface area (Å²) >= 11 is 7.08. The third kappa shape index (κ3) is 4.79. The summed E-state index contributed by atoms with van der Waals surface area (Å²) in [6.07, 6.45) is 0.678. The SMILES string of the molecule is Cc1nc(NC(=O)C[C@H](N)C(=O)O)sc1-c1ccc(Cl)c(S(C)(=O)=O)c1. The number of carbonyl (C=O) groups is 2. The first kappa shape index (κ1) is 20.3. The number of hydrogen-bond donors (Lipinski definition) is 3. The molecule has 0 bridgehead atoms. The van der Waals surface area contributed by atoms with E-state index in [0.717, 1.165) is 17.6 Å². The minimum atomic E-state index is -3.50. The largest absolute Gasteiger partial charge is 0.480 e. The lowest BCUT2D eigenvalue weighted by atomic mass is 10.2. The Morgan fingerprint density at radius 2 is 2.08 bits per heavy atom. The molecule has 2 aromatic rings. The lowest BCUT2D eigenvalue weighted by molar-refractivity contribution is -0.140. The highest BCUT2D eigenvalue weighted by atomic mass is 35.5. The van der Waals surface area contributed by atoms with Crippen molar-refractivity contribution in [3.8, 4) is 10.4 Å². The van der Waals surface area contributed by atoms with Crippen LogP contribution in [0.5, 0.6) is 0 Å². The van der Waals surface area contributed by atoms with Crippen molar-refractivity contribution in [3.63, 3.8) is 0 Å². The highest BCUT2D eigenvalue weighted by Gasteiger charge is 2.19. The second-order valence-corrected chi connectivity index (χ2v) is 8.94. The van der Waals surface area contributed by atoms with Crippen LogP contribution in [0, 0.1) is 6.92 Å². The number of sulfone groups is 1. The monoisotopic (exact) mass is 417 g/mol. The fraction of sp³-hybridized carbons (Fsp3) is 0.267. The van der Waals surface area contributed by atoms with Crippen LogP contribution < -0.4 is 11.1 Å². The van der Waals surface area contributed by atoms with Gasteiger partial charge in [-0.2, -0.15) is 0 Å². The molecule has 26 heavy (non-hydrogen) atoms. The number of carbonyl (C=O) groups excluding carboxylic acids is 1. The summed E-state index contributed by atoms with van der Waals surface area (Å²) in [4.78, 5) is 27.4. The Morgan fingerprint density at radius 3 is 2.65 bits per heavy atom. The molecular weight excluding hydrogens is 402 g/mol. The van der Waals surface area contributed by atoms with E-state index in [1.807, 2.05) is 0 Å². The molecule has 11 heteroatoms. The molecule has 0 saturated carbocycles. The van der Waals surface area contributed by atoms with Gasteiger partial charge in [0.05, 0.1) is 26.9 Å². The van der Waals surface area contributed by atoms with E-state index in [0.29, 0.717) is 16.1 Å². The number of benzene rings is 1. The minimum absolute atomic E-state index is 0.00230. The van der Waals surface area contributed by atoms with Gasteiger partial charge in [-0.05, 0) is 24.6 Å². The number of thiazole rings is 1. The summed E-state index contributed by atoms with van der Waals surface area (Å²) in [7, 11) is -3.50. The van der Waals surface area contributed by atoms with Crippen molar-refractivity contribution in [1.82, 2.24) is 4.98 Å². The van der Waals surface area contributed by atoms with Gasteiger partial charge in [-0.1, -0.05) is 29.0 Å². The Bertz CT molecular complexity index is 972. The molecule has 0 unspecified atom stereocenters. The standard InChI is InChI=1S/C15H16ClN3O5S2/c1-7-13(8-3-4-9(16)11(5-8)26(2,23)24)25-15(18-7)19-12(20)6-10(17)14(21)22/h3-5,10H,6,17H2,1-2H3,(H,21,22)(H,18,19,20)/t10-/m0/s1. The number of amides is 1. The molecule has 140 valence electrons. The van der Waals surface area contributed by atoms with E-state index < -0.39 is 27.8 Å². The zero-order valence-electron chi connectivity index (χ0n) is 13.8. The second kappa shape index (κ2) is 7.70. The van der Waals surface area contributed by atoms with E-state index in [1.165, 1.54) is 12.1 Å². The summed E-state index contributed by atoms with van der Waals surface area (Å²) < 4.78 is 23.6. The Kier molecular flexibility index (Phi) is 6.02. The number of anilines is 1.